The molecule has 4 rings (SSSR count). The van der Waals surface area contributed by atoms with Crippen molar-refractivity contribution in [3.05, 3.63) is 87.9 Å². The fraction of sp³-hybridized carbons (Fsp3) is 0.500. The van der Waals surface area contributed by atoms with E-state index in [9.17, 15) is 28.8 Å². The fourth-order valence-electron chi connectivity index (χ4n) is 6.30. The summed E-state index contributed by atoms with van der Waals surface area (Å²) in [6.07, 6.45) is 1.14. The van der Waals surface area contributed by atoms with Gasteiger partial charge in [0.05, 0.1) is 6.04 Å². The lowest BCUT2D eigenvalue weighted by molar-refractivity contribution is -0.157. The predicted molar refractivity (Wildman–Crippen MR) is 213 cm³/mol. The van der Waals surface area contributed by atoms with Crippen LogP contribution < -0.4 is 11.1 Å². The number of benzene rings is 2. The number of carbonyl (C=O) groups is 6. The van der Waals surface area contributed by atoms with Crippen molar-refractivity contribution in [2.45, 2.75) is 116 Å². The Labute approximate surface area is 338 Å². The van der Waals surface area contributed by atoms with Crippen LogP contribution in [0.15, 0.2) is 60.7 Å². The van der Waals surface area contributed by atoms with E-state index in [0.29, 0.717) is 31.4 Å². The van der Waals surface area contributed by atoms with E-state index < -0.39 is 71.5 Å². The molecule has 0 bridgehead atoms. The predicted octanol–water partition coefficient (Wildman–Crippen LogP) is 5.28. The van der Waals surface area contributed by atoms with Crippen molar-refractivity contribution in [3.63, 3.8) is 0 Å². The first-order valence-corrected chi connectivity index (χ1v) is 20.0. The summed E-state index contributed by atoms with van der Waals surface area (Å²) in [5.74, 6) is -3.24. The van der Waals surface area contributed by atoms with Gasteiger partial charge in [0.15, 0.2) is 17.0 Å². The van der Waals surface area contributed by atoms with Crippen LogP contribution in [-0.4, -0.2) is 99.4 Å². The molecule has 3 atom stereocenters. The van der Waals surface area contributed by atoms with E-state index >= 15 is 0 Å². The van der Waals surface area contributed by atoms with Gasteiger partial charge in [0.1, 0.15) is 41.3 Å². The second kappa shape index (κ2) is 20.3. The lowest BCUT2D eigenvalue weighted by atomic mass is 10.0. The molecule has 14 nitrogen and oxygen atoms in total. The minimum Gasteiger partial charge on any atom is -0.459 e. The maximum Gasteiger partial charge on any atom is 0.411 e. The van der Waals surface area contributed by atoms with E-state index in [1.54, 1.807) is 77.9 Å². The van der Waals surface area contributed by atoms with E-state index in [0.717, 1.165) is 21.8 Å². The van der Waals surface area contributed by atoms with Gasteiger partial charge in [0.25, 0.3) is 0 Å². The van der Waals surface area contributed by atoms with Crippen LogP contribution in [0, 0.1) is 5.51 Å². The van der Waals surface area contributed by atoms with Gasteiger partial charge >= 0.3 is 18.0 Å². The molecule has 3 aromatic rings. The van der Waals surface area contributed by atoms with E-state index in [1.807, 2.05) is 24.3 Å². The number of rotatable bonds is 17. The average molecular weight is 805 g/mol. The number of thiazole rings is 1. The van der Waals surface area contributed by atoms with Gasteiger partial charge in [-0.15, -0.1) is 11.3 Å². The van der Waals surface area contributed by atoms with Crippen molar-refractivity contribution in [1.82, 2.24) is 20.1 Å². The Bertz CT molecular complexity index is 1840. The van der Waals surface area contributed by atoms with Crippen LogP contribution in [0.5, 0.6) is 0 Å². The Morgan fingerprint density at radius 1 is 0.930 bits per heavy atom. The Kier molecular flexibility index (Phi) is 15.9. The number of aromatic nitrogens is 1. The lowest BCUT2D eigenvalue weighted by Crippen LogP contribution is -2.58. The summed E-state index contributed by atoms with van der Waals surface area (Å²) in [6, 6.07) is 14.7. The van der Waals surface area contributed by atoms with Crippen molar-refractivity contribution in [1.29, 1.82) is 0 Å². The van der Waals surface area contributed by atoms with Gasteiger partial charge in [-0.05, 0) is 91.3 Å². The molecule has 0 spiro atoms. The molecule has 0 aliphatic carbocycles. The number of nitrogens with two attached hydrogens (primary N) is 1. The number of hydrogen-bond donors (Lipinski definition) is 2. The summed E-state index contributed by atoms with van der Waals surface area (Å²) in [5.41, 5.74) is 7.79. The van der Waals surface area contributed by atoms with E-state index in [-0.39, 0.29) is 43.0 Å². The molecule has 3 N–H and O–H groups in total. The Morgan fingerprint density at radius 2 is 1.56 bits per heavy atom. The fourth-order valence-corrected chi connectivity index (χ4v) is 6.99. The largest absolute Gasteiger partial charge is 0.459 e. The number of hydrogen-bond acceptors (Lipinski definition) is 12. The van der Waals surface area contributed by atoms with Crippen LogP contribution in [0.25, 0.3) is 0 Å². The molecule has 1 radical (unpaired) electrons. The average Bonchev–Trinajstić information content (AvgIpc) is 3.85. The van der Waals surface area contributed by atoms with Gasteiger partial charge in [-0.1, -0.05) is 60.7 Å². The van der Waals surface area contributed by atoms with Crippen molar-refractivity contribution < 1.29 is 43.0 Å². The molecule has 15 heteroatoms. The lowest BCUT2D eigenvalue weighted by Gasteiger charge is -2.36. The molecule has 2 aromatic carbocycles. The van der Waals surface area contributed by atoms with Crippen LogP contribution in [0.1, 0.15) is 105 Å². The first-order valence-electron chi connectivity index (χ1n) is 19.2. The summed E-state index contributed by atoms with van der Waals surface area (Å²) in [4.78, 5) is 89.6. The van der Waals surface area contributed by atoms with Crippen molar-refractivity contribution >= 4 is 47.0 Å². The molecule has 3 amide bonds. The summed E-state index contributed by atoms with van der Waals surface area (Å²) < 4.78 is 16.7. The smallest absolute Gasteiger partial charge is 0.411 e. The van der Waals surface area contributed by atoms with Crippen LogP contribution in [0.3, 0.4) is 0 Å². The normalized spacial score (nSPS) is 15.3. The third-order valence-electron chi connectivity index (χ3n) is 8.85. The van der Waals surface area contributed by atoms with Gasteiger partial charge in [-0.3, -0.25) is 24.1 Å². The maximum absolute atomic E-state index is 14.7. The van der Waals surface area contributed by atoms with Crippen LogP contribution in [-0.2, 0) is 41.6 Å². The number of nitrogens with zero attached hydrogens (tertiary/aromatic N) is 3. The summed E-state index contributed by atoms with van der Waals surface area (Å²) in [5, 5.41) is 2.85. The molecular weight excluding hydrogens is 751 g/mol. The summed E-state index contributed by atoms with van der Waals surface area (Å²) in [6.45, 7) is 10.1. The summed E-state index contributed by atoms with van der Waals surface area (Å²) in [7, 11) is 0. The molecule has 2 heterocycles. The highest BCUT2D eigenvalue weighted by molar-refractivity contribution is 7.11. The van der Waals surface area contributed by atoms with Crippen LogP contribution in [0.4, 0.5) is 4.79 Å². The zero-order valence-electron chi connectivity index (χ0n) is 33.6. The number of carbonyl (C=O) groups excluding carboxylic acids is 6. The minimum atomic E-state index is -1.26. The van der Waals surface area contributed by atoms with E-state index in [1.165, 1.54) is 4.90 Å². The van der Waals surface area contributed by atoms with Crippen LogP contribution >= 0.6 is 11.3 Å². The third-order valence-corrected chi connectivity index (χ3v) is 9.63. The highest BCUT2D eigenvalue weighted by Crippen LogP contribution is 2.25. The molecular formula is C42H54N5O9S. The number of ketones is 1. The molecule has 1 fully saturated rings. The van der Waals surface area contributed by atoms with Gasteiger partial charge in [0, 0.05) is 13.0 Å². The van der Waals surface area contributed by atoms with Crippen molar-refractivity contribution in [2.24, 2.45) is 5.73 Å². The number of Topliss-reactive ketones (excluding diaryl/α,β-unsaturated/α-hetero) is 1. The second-order valence-corrected chi connectivity index (χ2v) is 16.6. The Balaban J connectivity index is 1.61. The zero-order valence-corrected chi connectivity index (χ0v) is 34.4. The molecule has 1 aliphatic rings. The van der Waals surface area contributed by atoms with Gasteiger partial charge in [-0.25, -0.2) is 14.6 Å². The van der Waals surface area contributed by atoms with Crippen molar-refractivity contribution in [2.75, 3.05) is 19.6 Å². The van der Waals surface area contributed by atoms with Gasteiger partial charge in [-0.2, -0.15) is 0 Å². The zero-order chi connectivity index (χ0) is 41.8. The number of likely N-dealkylation sites (tertiary alicyclic amines) is 1. The monoisotopic (exact) mass is 804 g/mol. The standard InChI is InChI=1S/C42H54N5O9S/c1-41(2,3)55-33(48)25-47(40(53)56-42(4,5)6)32(24-28-16-9-7-10-17-28)38(51)46-23-15-21-31(46)37(50)45-30(20-13-14-22-43)35(49)36-34(44-27-57-36)39(52)54-26-29-18-11-8-12-19-29/h7-12,16-19,30-32H,13-15,20-26,43H2,1-6H3,(H,45,50)/t30-,31-,32+/m0/s1. The molecule has 1 aliphatic heterocycles. The molecule has 307 valence electrons. The first kappa shape index (κ1) is 44.6. The minimum absolute atomic E-state index is 0.0106. The highest BCUT2D eigenvalue weighted by Gasteiger charge is 2.43. The molecule has 1 aromatic heterocycles. The number of unbranched alkanes of at least 4 members (excludes halogenated alkanes) is 1. The Hall–Kier alpha value is -5.15. The quantitative estimate of drug-likeness (QED) is 0.0783. The highest BCUT2D eigenvalue weighted by atomic mass is 32.1. The van der Waals surface area contributed by atoms with Gasteiger partial charge in [0.2, 0.25) is 11.8 Å². The molecule has 0 saturated carbocycles. The van der Waals surface area contributed by atoms with Gasteiger partial charge < -0.3 is 30.2 Å². The van der Waals surface area contributed by atoms with E-state index in [4.69, 9.17) is 19.9 Å². The SMILES string of the molecule is CC(C)(C)OC(=O)CN(C(=O)OC(C)(C)C)[C@H](Cc1ccccc1)C(=O)N1CCC[C@H]1C(=O)N[C@@H](CCCCN)C(=O)c1s[c]nc1C(=O)OCc1ccccc1. The number of nitrogens with one attached hydrogen (secondary N) is 1. The van der Waals surface area contributed by atoms with Crippen LogP contribution in [0.2, 0.25) is 0 Å². The molecule has 1 saturated heterocycles. The molecule has 0 unspecified atom stereocenters. The number of esters is 2. The number of amides is 3. The Morgan fingerprint density at radius 3 is 2.18 bits per heavy atom. The summed E-state index contributed by atoms with van der Waals surface area (Å²) >= 11 is 0.848. The van der Waals surface area contributed by atoms with Crippen molar-refractivity contribution in [3.8, 4) is 0 Å². The third kappa shape index (κ3) is 13.5. The van der Waals surface area contributed by atoms with E-state index in [2.05, 4.69) is 15.8 Å². The topological polar surface area (TPSA) is 188 Å². The number of ether oxygens (including phenoxy) is 3. The molecule has 57 heavy (non-hydrogen) atoms. The first-order chi connectivity index (χ1) is 27.0. The maximum atomic E-state index is 14.7. The second-order valence-electron chi connectivity index (χ2n) is 15.8.